The van der Waals surface area contributed by atoms with E-state index in [1.165, 1.54) is 12.1 Å². The topological polar surface area (TPSA) is 93.7 Å². The van der Waals surface area contributed by atoms with Gasteiger partial charge in [0.25, 0.3) is 15.9 Å². The van der Waals surface area contributed by atoms with Crippen LogP contribution in [-0.2, 0) is 10.0 Å². The van der Waals surface area contributed by atoms with E-state index >= 15 is 0 Å². The molecule has 2 N–H and O–H groups in total. The Kier molecular flexibility index (Phi) is 7.15. The molecule has 0 bridgehead atoms. The molecule has 3 rings (SSSR count). The number of hydrogen-bond acceptors (Lipinski definition) is 5. The minimum atomic E-state index is -3.81. The zero-order chi connectivity index (χ0) is 22.3. The quantitative estimate of drug-likeness (QED) is 0.529. The summed E-state index contributed by atoms with van der Waals surface area (Å²) >= 11 is 0. The molecule has 0 aliphatic carbocycles. The molecular formula is C23H24N2O5S. The number of ether oxygens (including phenoxy) is 2. The van der Waals surface area contributed by atoms with Gasteiger partial charge in [-0.3, -0.25) is 9.52 Å². The van der Waals surface area contributed by atoms with Gasteiger partial charge in [-0.2, -0.15) is 0 Å². The molecule has 162 valence electrons. The van der Waals surface area contributed by atoms with E-state index in [0.29, 0.717) is 5.75 Å². The molecule has 0 aliphatic heterocycles. The predicted molar refractivity (Wildman–Crippen MR) is 119 cm³/mol. The van der Waals surface area contributed by atoms with Gasteiger partial charge in [-0.15, -0.1) is 0 Å². The summed E-state index contributed by atoms with van der Waals surface area (Å²) in [6.45, 7) is 2.05. The molecule has 0 heterocycles. The van der Waals surface area contributed by atoms with Gasteiger partial charge in [-0.1, -0.05) is 30.3 Å². The fourth-order valence-corrected chi connectivity index (χ4v) is 3.91. The molecule has 0 aromatic heterocycles. The van der Waals surface area contributed by atoms with E-state index in [4.69, 9.17) is 9.47 Å². The summed E-state index contributed by atoms with van der Waals surface area (Å²) in [5.41, 5.74) is 0.422. The van der Waals surface area contributed by atoms with Crippen molar-refractivity contribution in [3.8, 4) is 11.5 Å². The average Bonchev–Trinajstić information content (AvgIpc) is 2.78. The number of hydrogen-bond donors (Lipinski definition) is 2. The van der Waals surface area contributed by atoms with Crippen molar-refractivity contribution in [2.24, 2.45) is 0 Å². The summed E-state index contributed by atoms with van der Waals surface area (Å²) in [7, 11) is -2.23. The molecule has 0 saturated heterocycles. The fourth-order valence-electron chi connectivity index (χ4n) is 2.81. The molecule has 8 heteroatoms. The van der Waals surface area contributed by atoms with E-state index in [1.807, 2.05) is 0 Å². The second-order valence-corrected chi connectivity index (χ2v) is 8.51. The highest BCUT2D eigenvalue weighted by Crippen LogP contribution is 2.21. The Bertz CT molecular complexity index is 1120. The zero-order valence-corrected chi connectivity index (χ0v) is 18.1. The van der Waals surface area contributed by atoms with E-state index in [2.05, 4.69) is 10.0 Å². The molecule has 3 aromatic carbocycles. The number of rotatable bonds is 9. The summed E-state index contributed by atoms with van der Waals surface area (Å²) in [6, 6.07) is 21.3. The number of carbonyl (C=O) groups is 1. The molecular weight excluding hydrogens is 416 g/mol. The number of sulfonamides is 1. The number of nitrogens with one attached hydrogen (secondary N) is 2. The lowest BCUT2D eigenvalue weighted by Gasteiger charge is -2.17. The number of para-hydroxylation sites is 1. The van der Waals surface area contributed by atoms with Gasteiger partial charge in [0.15, 0.2) is 0 Å². The van der Waals surface area contributed by atoms with Gasteiger partial charge in [0, 0.05) is 0 Å². The van der Waals surface area contributed by atoms with Crippen LogP contribution in [-0.4, -0.2) is 34.1 Å². The Hall–Kier alpha value is -3.52. The Morgan fingerprint density at radius 1 is 0.903 bits per heavy atom. The van der Waals surface area contributed by atoms with Crippen LogP contribution in [0.3, 0.4) is 0 Å². The SMILES string of the molecule is COc1ccc(OC[C@@H](C)NC(=O)c2ccccc2NS(=O)(=O)c2ccccc2)cc1. The number of anilines is 1. The molecule has 1 atom stereocenters. The molecule has 31 heavy (non-hydrogen) atoms. The summed E-state index contributed by atoms with van der Waals surface area (Å²) in [6.07, 6.45) is 0. The van der Waals surface area contributed by atoms with Crippen molar-refractivity contribution >= 4 is 21.6 Å². The molecule has 7 nitrogen and oxygen atoms in total. The first-order valence-corrected chi connectivity index (χ1v) is 11.1. The standard InChI is InChI=1S/C23H24N2O5S/c1-17(16-30-19-14-12-18(29-2)13-15-19)24-23(26)21-10-6-7-11-22(21)25-31(27,28)20-8-4-3-5-9-20/h3-15,17,25H,16H2,1-2H3,(H,24,26)/t17-/m1/s1. The van der Waals surface area contributed by atoms with Gasteiger partial charge < -0.3 is 14.8 Å². The van der Waals surface area contributed by atoms with E-state index in [0.717, 1.165) is 5.75 Å². The van der Waals surface area contributed by atoms with Crippen molar-refractivity contribution in [3.05, 3.63) is 84.4 Å². The summed E-state index contributed by atoms with van der Waals surface area (Å²) in [5.74, 6) is 0.971. The molecule has 0 fully saturated rings. The number of carbonyl (C=O) groups excluding carboxylic acids is 1. The maximum absolute atomic E-state index is 12.8. The highest BCUT2D eigenvalue weighted by molar-refractivity contribution is 7.92. The van der Waals surface area contributed by atoms with Crippen LogP contribution in [0.4, 0.5) is 5.69 Å². The molecule has 0 aliphatic rings. The van der Waals surface area contributed by atoms with Gasteiger partial charge in [-0.05, 0) is 55.5 Å². The highest BCUT2D eigenvalue weighted by atomic mass is 32.2. The molecule has 0 radical (unpaired) electrons. The van der Waals surface area contributed by atoms with E-state index in [-0.39, 0.29) is 28.8 Å². The molecule has 3 aromatic rings. The van der Waals surface area contributed by atoms with Crippen LogP contribution < -0.4 is 19.5 Å². The highest BCUT2D eigenvalue weighted by Gasteiger charge is 2.19. The molecule has 0 unspecified atom stereocenters. The lowest BCUT2D eigenvalue weighted by Crippen LogP contribution is -2.37. The van der Waals surface area contributed by atoms with Crippen LogP contribution in [0.5, 0.6) is 11.5 Å². The van der Waals surface area contributed by atoms with Gasteiger partial charge in [0.1, 0.15) is 18.1 Å². The Morgan fingerprint density at radius 3 is 2.19 bits per heavy atom. The van der Waals surface area contributed by atoms with Gasteiger partial charge in [-0.25, -0.2) is 8.42 Å². The van der Waals surface area contributed by atoms with Gasteiger partial charge in [0.2, 0.25) is 0 Å². The minimum absolute atomic E-state index is 0.117. The smallest absolute Gasteiger partial charge is 0.261 e. The average molecular weight is 441 g/mol. The third-order valence-electron chi connectivity index (χ3n) is 4.41. The maximum atomic E-state index is 12.8. The number of amides is 1. The zero-order valence-electron chi connectivity index (χ0n) is 17.2. The van der Waals surface area contributed by atoms with Gasteiger partial charge >= 0.3 is 0 Å². The van der Waals surface area contributed by atoms with E-state index < -0.39 is 15.9 Å². The van der Waals surface area contributed by atoms with E-state index in [1.54, 1.807) is 80.8 Å². The minimum Gasteiger partial charge on any atom is -0.497 e. The second-order valence-electron chi connectivity index (χ2n) is 6.83. The van der Waals surface area contributed by atoms with Crippen LogP contribution >= 0.6 is 0 Å². The Labute approximate surface area is 182 Å². The fraction of sp³-hybridized carbons (Fsp3) is 0.174. The van der Waals surface area contributed by atoms with Crippen molar-refractivity contribution in [3.63, 3.8) is 0 Å². The number of benzene rings is 3. The van der Waals surface area contributed by atoms with Crippen LogP contribution in [0.2, 0.25) is 0 Å². The van der Waals surface area contributed by atoms with Crippen LogP contribution in [0.1, 0.15) is 17.3 Å². The second kappa shape index (κ2) is 9.99. The first kappa shape index (κ1) is 22.2. The monoisotopic (exact) mass is 440 g/mol. The van der Waals surface area contributed by atoms with Crippen LogP contribution in [0, 0.1) is 0 Å². The van der Waals surface area contributed by atoms with Crippen molar-refractivity contribution in [2.45, 2.75) is 17.9 Å². The lowest BCUT2D eigenvalue weighted by atomic mass is 10.1. The van der Waals surface area contributed by atoms with Crippen molar-refractivity contribution < 1.29 is 22.7 Å². The third-order valence-corrected chi connectivity index (χ3v) is 5.79. The maximum Gasteiger partial charge on any atom is 0.261 e. The molecule has 1 amide bonds. The van der Waals surface area contributed by atoms with Crippen LogP contribution in [0.25, 0.3) is 0 Å². The summed E-state index contributed by atoms with van der Waals surface area (Å²) in [4.78, 5) is 12.9. The van der Waals surface area contributed by atoms with Crippen molar-refractivity contribution in [1.29, 1.82) is 0 Å². The lowest BCUT2D eigenvalue weighted by molar-refractivity contribution is 0.0927. The first-order chi connectivity index (χ1) is 14.9. The Balaban J connectivity index is 1.65. The molecule has 0 saturated carbocycles. The van der Waals surface area contributed by atoms with Gasteiger partial charge in [0.05, 0.1) is 29.3 Å². The van der Waals surface area contributed by atoms with Crippen molar-refractivity contribution in [1.82, 2.24) is 5.32 Å². The normalized spacial score (nSPS) is 11.9. The third kappa shape index (κ3) is 5.99. The summed E-state index contributed by atoms with van der Waals surface area (Å²) < 4.78 is 38.6. The number of methoxy groups -OCH3 is 1. The Morgan fingerprint density at radius 2 is 1.52 bits per heavy atom. The largest absolute Gasteiger partial charge is 0.497 e. The van der Waals surface area contributed by atoms with Crippen LogP contribution in [0.15, 0.2) is 83.8 Å². The summed E-state index contributed by atoms with van der Waals surface area (Å²) in [5, 5.41) is 2.83. The van der Waals surface area contributed by atoms with Crippen molar-refractivity contribution in [2.75, 3.05) is 18.4 Å². The predicted octanol–water partition coefficient (Wildman–Crippen LogP) is 3.69. The first-order valence-electron chi connectivity index (χ1n) is 9.63. The van der Waals surface area contributed by atoms with E-state index in [9.17, 15) is 13.2 Å². The molecule has 0 spiro atoms.